The van der Waals surface area contributed by atoms with Gasteiger partial charge in [0.25, 0.3) is 0 Å². The molecule has 0 heterocycles. The summed E-state index contributed by atoms with van der Waals surface area (Å²) in [5, 5.41) is 2.97. The molecule has 0 aromatic heterocycles. The lowest BCUT2D eigenvalue weighted by molar-refractivity contribution is -0.140. The first-order valence-electron chi connectivity index (χ1n) is 13.6. The lowest BCUT2D eigenvalue weighted by Crippen LogP contribution is -2.53. The Morgan fingerprint density at radius 2 is 1.54 bits per heavy atom. The zero-order valence-electron chi connectivity index (χ0n) is 24.3. The average Bonchev–Trinajstić information content (AvgIpc) is 2.93. The lowest BCUT2D eigenvalue weighted by atomic mass is 10.0. The lowest BCUT2D eigenvalue weighted by Gasteiger charge is -2.33. The molecular formula is C32H39N3O5S. The Labute approximate surface area is 243 Å². The molecule has 8 nitrogen and oxygen atoms in total. The minimum Gasteiger partial charge on any atom is -0.354 e. The van der Waals surface area contributed by atoms with Gasteiger partial charge in [-0.15, -0.1) is 0 Å². The molecule has 3 aromatic rings. The molecule has 3 aromatic carbocycles. The van der Waals surface area contributed by atoms with Gasteiger partial charge in [0.1, 0.15) is 12.6 Å². The first-order chi connectivity index (χ1) is 19.3. The van der Waals surface area contributed by atoms with Crippen LogP contribution in [-0.4, -0.2) is 56.3 Å². The molecule has 0 unspecified atom stereocenters. The highest BCUT2D eigenvalue weighted by molar-refractivity contribution is 7.92. The van der Waals surface area contributed by atoms with E-state index in [1.54, 1.807) is 18.2 Å². The van der Waals surface area contributed by atoms with Crippen LogP contribution in [0.1, 0.15) is 47.8 Å². The second-order valence-electron chi connectivity index (χ2n) is 10.7. The van der Waals surface area contributed by atoms with Gasteiger partial charge in [-0.05, 0) is 43.0 Å². The second-order valence-corrected chi connectivity index (χ2v) is 12.6. The summed E-state index contributed by atoms with van der Waals surface area (Å²) in [5.41, 5.74) is 3.26. The van der Waals surface area contributed by atoms with E-state index in [1.165, 1.54) is 17.9 Å². The summed E-state index contributed by atoms with van der Waals surface area (Å²) in [5.74, 6) is -0.874. The normalized spacial score (nSPS) is 12.0. The number of benzene rings is 3. The van der Waals surface area contributed by atoms with Crippen molar-refractivity contribution in [2.75, 3.05) is 23.7 Å². The van der Waals surface area contributed by atoms with Crippen LogP contribution in [0.25, 0.3) is 0 Å². The fraction of sp³-hybridized carbons (Fsp3) is 0.344. The first-order valence-corrected chi connectivity index (χ1v) is 15.5. The van der Waals surface area contributed by atoms with Gasteiger partial charge in [0.15, 0.2) is 5.78 Å². The van der Waals surface area contributed by atoms with Gasteiger partial charge < -0.3 is 10.2 Å². The minimum atomic E-state index is -3.92. The maximum absolute atomic E-state index is 14.1. The Hall–Kier alpha value is -3.98. The Morgan fingerprint density at radius 1 is 0.878 bits per heavy atom. The van der Waals surface area contributed by atoms with Crippen molar-refractivity contribution in [2.45, 2.75) is 46.7 Å². The zero-order chi connectivity index (χ0) is 30.2. The fourth-order valence-corrected chi connectivity index (χ4v) is 5.20. The van der Waals surface area contributed by atoms with Crippen LogP contribution in [0.3, 0.4) is 0 Å². The molecule has 0 radical (unpaired) electrons. The SMILES string of the molecule is CC(=O)c1cccc(N(CC(=O)N(Cc2ccc(C)cc2)[C@H](Cc2ccccc2)C(=O)NCC(C)C)S(C)(=O)=O)c1. The summed E-state index contributed by atoms with van der Waals surface area (Å²) in [7, 11) is -3.92. The third kappa shape index (κ3) is 9.28. The highest BCUT2D eigenvalue weighted by Crippen LogP contribution is 2.22. The van der Waals surface area contributed by atoms with Crippen LogP contribution >= 0.6 is 0 Å². The number of rotatable bonds is 13. The quantitative estimate of drug-likeness (QED) is 0.304. The van der Waals surface area contributed by atoms with Crippen LogP contribution in [0.4, 0.5) is 5.69 Å². The molecule has 218 valence electrons. The van der Waals surface area contributed by atoms with Crippen LogP contribution in [0.15, 0.2) is 78.9 Å². The number of Topliss-reactive ketones (excluding diaryl/α,β-unsaturated/α-hetero) is 1. The predicted octanol–water partition coefficient (Wildman–Crippen LogP) is 4.38. The van der Waals surface area contributed by atoms with E-state index in [2.05, 4.69) is 5.32 Å². The zero-order valence-corrected chi connectivity index (χ0v) is 25.1. The molecule has 0 aliphatic rings. The molecule has 0 aliphatic carbocycles. The van der Waals surface area contributed by atoms with Crippen molar-refractivity contribution in [2.24, 2.45) is 5.92 Å². The summed E-state index contributed by atoms with van der Waals surface area (Å²) >= 11 is 0. The standard InChI is InChI=1S/C32H39N3O5S/c1-23(2)20-33-32(38)30(18-26-10-7-6-8-11-26)34(21-27-16-14-24(3)15-17-27)31(37)22-35(41(5,39)40)29-13-9-12-28(19-29)25(4)36/h6-17,19,23,30H,18,20-22H2,1-5H3,(H,33,38)/t30-/m1/s1. The smallest absolute Gasteiger partial charge is 0.244 e. The van der Waals surface area contributed by atoms with E-state index in [0.717, 1.165) is 27.3 Å². The second kappa shape index (κ2) is 14.1. The van der Waals surface area contributed by atoms with Crippen LogP contribution in [0, 0.1) is 12.8 Å². The van der Waals surface area contributed by atoms with E-state index in [0.29, 0.717) is 12.1 Å². The van der Waals surface area contributed by atoms with Gasteiger partial charge in [-0.25, -0.2) is 8.42 Å². The average molecular weight is 578 g/mol. The van der Waals surface area contributed by atoms with E-state index in [4.69, 9.17) is 0 Å². The van der Waals surface area contributed by atoms with Gasteiger partial charge in [0, 0.05) is 25.1 Å². The van der Waals surface area contributed by atoms with Crippen LogP contribution in [0.2, 0.25) is 0 Å². The number of anilines is 1. The molecule has 3 rings (SSSR count). The monoisotopic (exact) mass is 577 g/mol. The van der Waals surface area contributed by atoms with Gasteiger partial charge in [-0.3, -0.25) is 18.7 Å². The summed E-state index contributed by atoms with van der Waals surface area (Å²) in [4.78, 5) is 41.2. The Kier molecular flexibility index (Phi) is 10.8. The number of sulfonamides is 1. The number of hydrogen-bond acceptors (Lipinski definition) is 5. The van der Waals surface area contributed by atoms with Gasteiger partial charge >= 0.3 is 0 Å². The molecule has 0 fully saturated rings. The van der Waals surface area contributed by atoms with Crippen LogP contribution in [0.5, 0.6) is 0 Å². The Bertz CT molecular complexity index is 1450. The minimum absolute atomic E-state index is 0.108. The van der Waals surface area contributed by atoms with Crippen molar-refractivity contribution >= 4 is 33.3 Å². The molecule has 2 amide bonds. The van der Waals surface area contributed by atoms with Crippen molar-refractivity contribution < 1.29 is 22.8 Å². The van der Waals surface area contributed by atoms with Gasteiger partial charge in [0.2, 0.25) is 21.8 Å². The van der Waals surface area contributed by atoms with E-state index in [1.807, 2.05) is 75.4 Å². The van der Waals surface area contributed by atoms with Crippen molar-refractivity contribution in [1.82, 2.24) is 10.2 Å². The molecule has 1 atom stereocenters. The fourth-order valence-electron chi connectivity index (χ4n) is 4.36. The van der Waals surface area contributed by atoms with E-state index >= 15 is 0 Å². The van der Waals surface area contributed by atoms with Gasteiger partial charge in [0.05, 0.1) is 11.9 Å². The largest absolute Gasteiger partial charge is 0.354 e. The van der Waals surface area contributed by atoms with Gasteiger partial charge in [-0.1, -0.05) is 86.1 Å². The number of aryl methyl sites for hydroxylation is 1. The highest BCUT2D eigenvalue weighted by atomic mass is 32.2. The third-order valence-corrected chi connectivity index (χ3v) is 7.79. The third-order valence-electron chi connectivity index (χ3n) is 6.65. The van der Waals surface area contributed by atoms with E-state index in [9.17, 15) is 22.8 Å². The maximum atomic E-state index is 14.1. The number of amides is 2. The molecule has 0 saturated heterocycles. The number of nitrogens with zero attached hydrogens (tertiary/aromatic N) is 2. The molecule has 0 bridgehead atoms. The number of ketones is 1. The number of carbonyl (C=O) groups excluding carboxylic acids is 3. The van der Waals surface area contributed by atoms with Crippen LogP contribution in [-0.2, 0) is 32.6 Å². The van der Waals surface area contributed by atoms with Crippen molar-refractivity contribution in [3.8, 4) is 0 Å². The molecule has 41 heavy (non-hydrogen) atoms. The molecule has 0 saturated carbocycles. The maximum Gasteiger partial charge on any atom is 0.244 e. The molecular weight excluding hydrogens is 538 g/mol. The number of nitrogens with one attached hydrogen (secondary N) is 1. The highest BCUT2D eigenvalue weighted by Gasteiger charge is 2.33. The Morgan fingerprint density at radius 3 is 2.12 bits per heavy atom. The van der Waals surface area contributed by atoms with Crippen molar-refractivity contribution in [1.29, 1.82) is 0 Å². The van der Waals surface area contributed by atoms with E-state index in [-0.39, 0.29) is 36.3 Å². The first kappa shape index (κ1) is 31.5. The van der Waals surface area contributed by atoms with Gasteiger partial charge in [-0.2, -0.15) is 0 Å². The van der Waals surface area contributed by atoms with Crippen LogP contribution < -0.4 is 9.62 Å². The van der Waals surface area contributed by atoms with Crippen molar-refractivity contribution in [3.63, 3.8) is 0 Å². The topological polar surface area (TPSA) is 104 Å². The van der Waals surface area contributed by atoms with E-state index < -0.39 is 28.5 Å². The molecule has 1 N–H and O–H groups in total. The molecule has 0 aliphatic heterocycles. The summed E-state index contributed by atoms with van der Waals surface area (Å²) in [6, 6.07) is 22.3. The molecule has 9 heteroatoms. The Balaban J connectivity index is 2.06. The molecule has 0 spiro atoms. The summed E-state index contributed by atoms with van der Waals surface area (Å²) < 4.78 is 26.8. The predicted molar refractivity (Wildman–Crippen MR) is 162 cm³/mol. The summed E-state index contributed by atoms with van der Waals surface area (Å²) in [6.07, 6.45) is 1.27. The van der Waals surface area contributed by atoms with Crippen molar-refractivity contribution in [3.05, 3.63) is 101 Å². The summed E-state index contributed by atoms with van der Waals surface area (Å²) in [6.45, 7) is 7.34. The number of carbonyl (C=O) groups is 3. The number of hydrogen-bond donors (Lipinski definition) is 1.